The Bertz CT molecular complexity index is 913. The molecule has 0 fully saturated rings. The topological polar surface area (TPSA) is 65.7 Å². The lowest BCUT2D eigenvalue weighted by Crippen LogP contribution is -2.05. The van der Waals surface area contributed by atoms with Crippen molar-refractivity contribution in [1.29, 1.82) is 0 Å². The summed E-state index contributed by atoms with van der Waals surface area (Å²) in [5, 5.41) is 8.13. The van der Waals surface area contributed by atoms with E-state index in [1.165, 1.54) is 6.07 Å². The average Bonchev–Trinajstić information content (AvgIpc) is 3.18. The molecule has 0 saturated carbocycles. The Morgan fingerprint density at radius 3 is 1.88 bits per heavy atom. The number of benzene rings is 1. The molecule has 0 amide bonds. The standard InChI is InChI=1S/C10H12F2.C9H14N2O.C7H13N3/c1-7(2)8-5-3-4-6-9(8)10(11)12;1-7(2)6-12-9-4-10-8(3)11-5-9;1-6(2)4-7-5-8-10(3)9-7/h3-7,10H,1-2H3;4-5,7H,6H2,1-3H3;5-6H,4H2,1-3H3. The number of aryl methyl sites for hydroxylation is 2. The second-order valence-corrected chi connectivity index (χ2v) is 9.18. The van der Waals surface area contributed by atoms with Crippen molar-refractivity contribution < 1.29 is 13.5 Å². The SMILES string of the molecule is CC(C)Cc1cnn(C)n1.CC(C)c1ccccc1C(F)F.Cc1ncc(OCC(C)C)cn1. The van der Waals surface area contributed by atoms with Crippen LogP contribution in [-0.2, 0) is 13.5 Å². The minimum atomic E-state index is -2.36. The molecule has 6 nitrogen and oxygen atoms in total. The molecule has 2 heterocycles. The third-order valence-electron chi connectivity index (χ3n) is 4.46. The Labute approximate surface area is 202 Å². The van der Waals surface area contributed by atoms with Gasteiger partial charge in [-0.25, -0.2) is 18.7 Å². The molecular weight excluding hydrogens is 436 g/mol. The predicted molar refractivity (Wildman–Crippen MR) is 132 cm³/mol. The summed E-state index contributed by atoms with van der Waals surface area (Å²) >= 11 is 0. The zero-order valence-corrected chi connectivity index (χ0v) is 21.7. The molecule has 3 aromatic rings. The van der Waals surface area contributed by atoms with E-state index in [2.05, 4.69) is 47.9 Å². The number of ether oxygens (including phenoxy) is 1. The molecule has 0 unspecified atom stereocenters. The summed E-state index contributed by atoms with van der Waals surface area (Å²) in [6.07, 6.45) is 3.88. The number of hydrogen-bond acceptors (Lipinski definition) is 5. The van der Waals surface area contributed by atoms with Crippen molar-refractivity contribution in [2.75, 3.05) is 6.61 Å². The van der Waals surface area contributed by atoms with Gasteiger partial charge in [-0.15, -0.1) is 0 Å². The number of rotatable bonds is 7. The second kappa shape index (κ2) is 15.1. The van der Waals surface area contributed by atoms with Crippen LogP contribution in [0.4, 0.5) is 8.78 Å². The first-order valence-corrected chi connectivity index (χ1v) is 11.6. The normalized spacial score (nSPS) is 10.8. The van der Waals surface area contributed by atoms with Crippen LogP contribution in [0.3, 0.4) is 0 Å². The summed E-state index contributed by atoms with van der Waals surface area (Å²) in [4.78, 5) is 9.64. The van der Waals surface area contributed by atoms with Gasteiger partial charge in [0.05, 0.1) is 30.9 Å². The van der Waals surface area contributed by atoms with Crippen LogP contribution in [0.1, 0.15) is 76.5 Å². The highest BCUT2D eigenvalue weighted by Crippen LogP contribution is 2.27. The van der Waals surface area contributed by atoms with Gasteiger partial charge in [0.2, 0.25) is 0 Å². The molecule has 188 valence electrons. The predicted octanol–water partition coefficient (Wildman–Crippen LogP) is 6.58. The molecule has 0 N–H and O–H groups in total. The third-order valence-corrected chi connectivity index (χ3v) is 4.46. The number of hydrogen-bond donors (Lipinski definition) is 0. The van der Waals surface area contributed by atoms with Crippen LogP contribution >= 0.6 is 0 Å². The summed E-state index contributed by atoms with van der Waals surface area (Å²) in [7, 11) is 1.84. The fourth-order valence-corrected chi connectivity index (χ4v) is 2.85. The Hall–Kier alpha value is -2.90. The minimum absolute atomic E-state index is 0.160. The molecule has 8 heteroatoms. The lowest BCUT2D eigenvalue weighted by molar-refractivity contribution is 0.150. The van der Waals surface area contributed by atoms with Crippen molar-refractivity contribution in [3.8, 4) is 5.75 Å². The van der Waals surface area contributed by atoms with Gasteiger partial charge in [0.15, 0.2) is 5.75 Å². The molecule has 0 atom stereocenters. The van der Waals surface area contributed by atoms with E-state index in [1.54, 1.807) is 35.4 Å². The maximum atomic E-state index is 12.4. The van der Waals surface area contributed by atoms with Crippen LogP contribution in [0.25, 0.3) is 0 Å². The Kier molecular flexibility index (Phi) is 12.9. The van der Waals surface area contributed by atoms with Crippen LogP contribution < -0.4 is 4.74 Å². The molecule has 0 aliphatic rings. The van der Waals surface area contributed by atoms with E-state index in [9.17, 15) is 8.78 Å². The van der Waals surface area contributed by atoms with Gasteiger partial charge in [0.1, 0.15) is 5.82 Å². The monoisotopic (exact) mass is 475 g/mol. The maximum Gasteiger partial charge on any atom is 0.264 e. The molecule has 3 rings (SSSR count). The Balaban J connectivity index is 0.000000256. The molecule has 2 aromatic heterocycles. The summed E-state index contributed by atoms with van der Waals surface area (Å²) < 4.78 is 30.2. The van der Waals surface area contributed by atoms with Gasteiger partial charge in [-0.3, -0.25) is 0 Å². The van der Waals surface area contributed by atoms with Gasteiger partial charge in [0, 0.05) is 12.6 Å². The van der Waals surface area contributed by atoms with E-state index in [-0.39, 0.29) is 11.5 Å². The van der Waals surface area contributed by atoms with E-state index < -0.39 is 6.43 Å². The van der Waals surface area contributed by atoms with Gasteiger partial charge in [-0.2, -0.15) is 15.0 Å². The number of aromatic nitrogens is 5. The Morgan fingerprint density at radius 1 is 0.882 bits per heavy atom. The lowest BCUT2D eigenvalue weighted by atomic mass is 9.98. The second-order valence-electron chi connectivity index (χ2n) is 9.18. The summed E-state index contributed by atoms with van der Waals surface area (Å²) in [6.45, 7) is 15.0. The lowest BCUT2D eigenvalue weighted by Gasteiger charge is -2.10. The quantitative estimate of drug-likeness (QED) is 0.386. The van der Waals surface area contributed by atoms with E-state index in [0.29, 0.717) is 18.4 Å². The smallest absolute Gasteiger partial charge is 0.264 e. The molecule has 1 aromatic carbocycles. The van der Waals surface area contributed by atoms with Crippen molar-refractivity contribution in [3.63, 3.8) is 0 Å². The van der Waals surface area contributed by atoms with E-state index in [4.69, 9.17) is 4.74 Å². The van der Waals surface area contributed by atoms with Crippen LogP contribution in [0.5, 0.6) is 5.75 Å². The highest BCUT2D eigenvalue weighted by Gasteiger charge is 2.13. The molecular formula is C26H39F2N5O. The van der Waals surface area contributed by atoms with Gasteiger partial charge < -0.3 is 4.74 Å². The van der Waals surface area contributed by atoms with Gasteiger partial charge in [0.25, 0.3) is 6.43 Å². The number of nitrogens with zero attached hydrogens (tertiary/aromatic N) is 5. The largest absolute Gasteiger partial charge is 0.490 e. The van der Waals surface area contributed by atoms with E-state index in [1.807, 2.05) is 34.0 Å². The van der Waals surface area contributed by atoms with Crippen LogP contribution in [-0.4, -0.2) is 31.6 Å². The van der Waals surface area contributed by atoms with Crippen molar-refractivity contribution in [3.05, 3.63) is 65.5 Å². The Morgan fingerprint density at radius 2 is 1.47 bits per heavy atom. The van der Waals surface area contributed by atoms with Crippen molar-refractivity contribution in [1.82, 2.24) is 25.0 Å². The van der Waals surface area contributed by atoms with Gasteiger partial charge in [-0.1, -0.05) is 65.8 Å². The molecule has 0 spiro atoms. The van der Waals surface area contributed by atoms with Crippen molar-refractivity contribution >= 4 is 0 Å². The first-order chi connectivity index (χ1) is 16.0. The molecule has 0 aliphatic heterocycles. The molecule has 0 aliphatic carbocycles. The third kappa shape index (κ3) is 11.8. The fraction of sp³-hybridized carbons (Fsp3) is 0.538. The van der Waals surface area contributed by atoms with Crippen LogP contribution in [0.15, 0.2) is 42.9 Å². The molecule has 0 bridgehead atoms. The van der Waals surface area contributed by atoms with Gasteiger partial charge in [-0.05, 0) is 36.7 Å². The minimum Gasteiger partial charge on any atom is -0.490 e. The van der Waals surface area contributed by atoms with E-state index in [0.717, 1.165) is 29.3 Å². The number of alkyl halides is 2. The highest BCUT2D eigenvalue weighted by atomic mass is 19.3. The van der Waals surface area contributed by atoms with Crippen LogP contribution in [0, 0.1) is 18.8 Å². The molecule has 0 radical (unpaired) electrons. The summed E-state index contributed by atoms with van der Waals surface area (Å²) in [5.74, 6) is 2.87. The van der Waals surface area contributed by atoms with Crippen molar-refractivity contribution in [2.24, 2.45) is 18.9 Å². The first-order valence-electron chi connectivity index (χ1n) is 11.6. The van der Waals surface area contributed by atoms with E-state index >= 15 is 0 Å². The fourth-order valence-electron chi connectivity index (χ4n) is 2.85. The van der Waals surface area contributed by atoms with Gasteiger partial charge >= 0.3 is 0 Å². The maximum absolute atomic E-state index is 12.4. The number of halogens is 2. The highest BCUT2D eigenvalue weighted by molar-refractivity contribution is 5.30. The molecule has 0 saturated heterocycles. The first kappa shape index (κ1) is 29.1. The zero-order chi connectivity index (χ0) is 25.7. The summed E-state index contributed by atoms with van der Waals surface area (Å²) in [6, 6.07) is 6.68. The van der Waals surface area contributed by atoms with Crippen molar-refractivity contribution in [2.45, 2.75) is 67.2 Å². The molecule has 34 heavy (non-hydrogen) atoms. The van der Waals surface area contributed by atoms with Crippen LogP contribution in [0.2, 0.25) is 0 Å². The summed E-state index contributed by atoms with van der Waals surface area (Å²) in [5.41, 5.74) is 1.98. The average molecular weight is 476 g/mol. The zero-order valence-electron chi connectivity index (χ0n) is 21.7.